The van der Waals surface area contributed by atoms with E-state index in [0.29, 0.717) is 11.3 Å². The van der Waals surface area contributed by atoms with Crippen molar-refractivity contribution in [1.29, 1.82) is 0 Å². The molecule has 0 saturated carbocycles. The number of benzene rings is 1. The predicted octanol–water partition coefficient (Wildman–Crippen LogP) is 3.31. The SMILES string of the molecule is CC[C@@H](C)[C@]1(c2cccc(OC)c2)CCN(C)C1. The average Bonchev–Trinajstić information content (AvgIpc) is 2.81. The van der Waals surface area contributed by atoms with Gasteiger partial charge in [-0.2, -0.15) is 0 Å². The fourth-order valence-electron chi connectivity index (χ4n) is 3.28. The van der Waals surface area contributed by atoms with Gasteiger partial charge in [-0.3, -0.25) is 0 Å². The lowest BCUT2D eigenvalue weighted by Gasteiger charge is -2.36. The highest BCUT2D eigenvalue weighted by molar-refractivity contribution is 5.36. The molecule has 18 heavy (non-hydrogen) atoms. The molecule has 0 bridgehead atoms. The summed E-state index contributed by atoms with van der Waals surface area (Å²) in [6.07, 6.45) is 2.48. The van der Waals surface area contributed by atoms with Crippen LogP contribution in [-0.4, -0.2) is 32.1 Å². The summed E-state index contributed by atoms with van der Waals surface area (Å²) in [5, 5.41) is 0. The number of likely N-dealkylation sites (N-methyl/N-ethyl adjacent to an activating group) is 1. The predicted molar refractivity (Wildman–Crippen MR) is 76.2 cm³/mol. The van der Waals surface area contributed by atoms with E-state index < -0.39 is 0 Å². The van der Waals surface area contributed by atoms with Gasteiger partial charge in [-0.1, -0.05) is 32.4 Å². The molecule has 1 aromatic carbocycles. The van der Waals surface area contributed by atoms with E-state index >= 15 is 0 Å². The summed E-state index contributed by atoms with van der Waals surface area (Å²) >= 11 is 0. The van der Waals surface area contributed by atoms with Crippen LogP contribution in [0.5, 0.6) is 5.75 Å². The molecule has 2 heteroatoms. The van der Waals surface area contributed by atoms with Crippen LogP contribution in [0.25, 0.3) is 0 Å². The summed E-state index contributed by atoms with van der Waals surface area (Å²) in [7, 11) is 3.97. The van der Waals surface area contributed by atoms with Crippen molar-refractivity contribution in [3.05, 3.63) is 29.8 Å². The Morgan fingerprint density at radius 3 is 2.78 bits per heavy atom. The van der Waals surface area contributed by atoms with Crippen LogP contribution in [0.15, 0.2) is 24.3 Å². The summed E-state index contributed by atoms with van der Waals surface area (Å²) in [5.74, 6) is 1.68. The molecule has 0 aromatic heterocycles. The second-order valence-corrected chi connectivity index (χ2v) is 5.69. The quantitative estimate of drug-likeness (QED) is 0.809. The van der Waals surface area contributed by atoms with Crippen LogP contribution < -0.4 is 4.74 Å². The molecule has 2 rings (SSSR count). The third-order valence-corrected chi connectivity index (χ3v) is 4.69. The summed E-state index contributed by atoms with van der Waals surface area (Å²) in [5.41, 5.74) is 1.75. The first-order valence-electron chi connectivity index (χ1n) is 6.95. The van der Waals surface area contributed by atoms with E-state index in [2.05, 4.69) is 44.0 Å². The van der Waals surface area contributed by atoms with Crippen molar-refractivity contribution >= 4 is 0 Å². The molecule has 2 nitrogen and oxygen atoms in total. The van der Waals surface area contributed by atoms with Crippen molar-refractivity contribution in [2.75, 3.05) is 27.2 Å². The fraction of sp³-hybridized carbons (Fsp3) is 0.625. The van der Waals surface area contributed by atoms with E-state index in [-0.39, 0.29) is 0 Å². The monoisotopic (exact) mass is 247 g/mol. The number of likely N-dealkylation sites (tertiary alicyclic amines) is 1. The molecule has 1 fully saturated rings. The van der Waals surface area contributed by atoms with Gasteiger partial charge in [0.1, 0.15) is 5.75 Å². The minimum absolute atomic E-state index is 0.304. The molecule has 1 aliphatic heterocycles. The van der Waals surface area contributed by atoms with Gasteiger partial charge in [-0.25, -0.2) is 0 Å². The lowest BCUT2D eigenvalue weighted by molar-refractivity contribution is 0.272. The van der Waals surface area contributed by atoms with Crippen molar-refractivity contribution in [2.24, 2.45) is 5.92 Å². The van der Waals surface area contributed by atoms with E-state index in [1.165, 1.54) is 24.9 Å². The minimum atomic E-state index is 0.304. The summed E-state index contributed by atoms with van der Waals surface area (Å²) in [6.45, 7) is 7.04. The van der Waals surface area contributed by atoms with E-state index in [0.717, 1.165) is 12.3 Å². The lowest BCUT2D eigenvalue weighted by Crippen LogP contribution is -2.36. The summed E-state index contributed by atoms with van der Waals surface area (Å²) < 4.78 is 5.39. The number of nitrogens with zero attached hydrogens (tertiary/aromatic N) is 1. The van der Waals surface area contributed by atoms with Gasteiger partial charge in [0, 0.05) is 12.0 Å². The lowest BCUT2D eigenvalue weighted by atomic mass is 9.69. The van der Waals surface area contributed by atoms with Gasteiger partial charge in [-0.05, 0) is 43.6 Å². The zero-order valence-corrected chi connectivity index (χ0v) is 12.1. The molecular formula is C16H25NO. The zero-order chi connectivity index (χ0) is 13.2. The van der Waals surface area contributed by atoms with Crippen LogP contribution in [0.4, 0.5) is 0 Å². The first-order chi connectivity index (χ1) is 8.62. The van der Waals surface area contributed by atoms with Crippen LogP contribution >= 0.6 is 0 Å². The second-order valence-electron chi connectivity index (χ2n) is 5.69. The Balaban J connectivity index is 2.40. The molecule has 0 radical (unpaired) electrons. The van der Waals surface area contributed by atoms with E-state index in [4.69, 9.17) is 4.74 Å². The number of hydrogen-bond donors (Lipinski definition) is 0. The van der Waals surface area contributed by atoms with Crippen LogP contribution in [0.1, 0.15) is 32.3 Å². The highest BCUT2D eigenvalue weighted by Gasteiger charge is 2.42. The molecule has 1 heterocycles. The number of hydrogen-bond acceptors (Lipinski definition) is 2. The van der Waals surface area contributed by atoms with E-state index in [1.807, 2.05) is 6.07 Å². The standard InChI is InChI=1S/C16H25NO/c1-5-13(2)16(9-10-17(3)12-16)14-7-6-8-15(11-14)18-4/h6-8,11,13H,5,9-10,12H2,1-4H3/t13-,16+/m1/s1. The molecule has 0 aliphatic carbocycles. The molecule has 1 aliphatic rings. The van der Waals surface area contributed by atoms with E-state index in [1.54, 1.807) is 7.11 Å². The largest absolute Gasteiger partial charge is 0.497 e. The summed E-state index contributed by atoms with van der Waals surface area (Å²) in [4.78, 5) is 2.45. The van der Waals surface area contributed by atoms with Gasteiger partial charge in [0.05, 0.1) is 7.11 Å². The molecule has 0 N–H and O–H groups in total. The zero-order valence-electron chi connectivity index (χ0n) is 12.1. The van der Waals surface area contributed by atoms with Gasteiger partial charge in [0.25, 0.3) is 0 Å². The normalized spacial score (nSPS) is 26.2. The Bertz CT molecular complexity index is 404. The maximum Gasteiger partial charge on any atom is 0.119 e. The fourth-order valence-corrected chi connectivity index (χ4v) is 3.28. The number of methoxy groups -OCH3 is 1. The average molecular weight is 247 g/mol. The molecule has 1 saturated heterocycles. The Kier molecular flexibility index (Phi) is 3.96. The van der Waals surface area contributed by atoms with Gasteiger partial charge < -0.3 is 9.64 Å². The maximum absolute atomic E-state index is 5.39. The molecular weight excluding hydrogens is 222 g/mol. The van der Waals surface area contributed by atoms with Crippen LogP contribution in [0, 0.1) is 5.92 Å². The topological polar surface area (TPSA) is 12.5 Å². The van der Waals surface area contributed by atoms with Gasteiger partial charge >= 0.3 is 0 Å². The molecule has 100 valence electrons. The molecule has 2 atom stereocenters. The van der Waals surface area contributed by atoms with Gasteiger partial charge in [0.15, 0.2) is 0 Å². The highest BCUT2D eigenvalue weighted by atomic mass is 16.5. The molecule has 0 amide bonds. The Morgan fingerprint density at radius 1 is 1.44 bits per heavy atom. The Hall–Kier alpha value is -1.02. The molecule has 1 aromatic rings. The minimum Gasteiger partial charge on any atom is -0.497 e. The van der Waals surface area contributed by atoms with E-state index in [9.17, 15) is 0 Å². The van der Waals surface area contributed by atoms with Crippen molar-refractivity contribution in [3.63, 3.8) is 0 Å². The van der Waals surface area contributed by atoms with Crippen LogP contribution in [0.3, 0.4) is 0 Å². The number of rotatable bonds is 4. The third-order valence-electron chi connectivity index (χ3n) is 4.69. The Morgan fingerprint density at radius 2 is 2.22 bits per heavy atom. The molecule has 0 unspecified atom stereocenters. The van der Waals surface area contributed by atoms with Crippen LogP contribution in [-0.2, 0) is 5.41 Å². The van der Waals surface area contributed by atoms with Crippen molar-refractivity contribution in [3.8, 4) is 5.75 Å². The highest BCUT2D eigenvalue weighted by Crippen LogP contribution is 2.42. The molecule has 0 spiro atoms. The van der Waals surface area contributed by atoms with Crippen LogP contribution in [0.2, 0.25) is 0 Å². The number of ether oxygens (including phenoxy) is 1. The first-order valence-corrected chi connectivity index (χ1v) is 6.95. The smallest absolute Gasteiger partial charge is 0.119 e. The van der Waals surface area contributed by atoms with Crippen molar-refractivity contribution in [2.45, 2.75) is 32.1 Å². The first kappa shape index (κ1) is 13.4. The van der Waals surface area contributed by atoms with Crippen molar-refractivity contribution in [1.82, 2.24) is 4.90 Å². The second kappa shape index (κ2) is 5.31. The third kappa shape index (κ3) is 2.26. The maximum atomic E-state index is 5.39. The van der Waals surface area contributed by atoms with Gasteiger partial charge in [0.2, 0.25) is 0 Å². The Labute approximate surface area is 111 Å². The van der Waals surface area contributed by atoms with Crippen molar-refractivity contribution < 1.29 is 4.74 Å². The summed E-state index contributed by atoms with van der Waals surface area (Å²) in [6, 6.07) is 8.66. The van der Waals surface area contributed by atoms with Gasteiger partial charge in [-0.15, -0.1) is 0 Å².